The quantitative estimate of drug-likeness (QED) is 0.764. The highest BCUT2D eigenvalue weighted by Crippen LogP contribution is 2.34. The Morgan fingerprint density at radius 3 is 2.56 bits per heavy atom. The molecule has 0 radical (unpaired) electrons. The molecule has 0 unspecified atom stereocenters. The minimum atomic E-state index is -0.541. The number of ether oxygens (including phenoxy) is 1. The van der Waals surface area contributed by atoms with Gasteiger partial charge in [-0.05, 0) is 36.5 Å². The maximum atomic E-state index is 10.3. The van der Waals surface area contributed by atoms with Gasteiger partial charge in [-0.25, -0.2) is 0 Å². The summed E-state index contributed by atoms with van der Waals surface area (Å²) in [5.74, 6) is 0.759. The summed E-state index contributed by atoms with van der Waals surface area (Å²) in [7, 11) is 1.50. The van der Waals surface area contributed by atoms with Crippen LogP contribution >= 0.6 is 0 Å². The Morgan fingerprint density at radius 2 is 2.00 bits per heavy atom. The molecule has 18 heavy (non-hydrogen) atoms. The summed E-state index contributed by atoms with van der Waals surface area (Å²) < 4.78 is 4.99. The number of aliphatic hydroxyl groups is 1. The van der Waals surface area contributed by atoms with Gasteiger partial charge in [-0.1, -0.05) is 18.9 Å². The summed E-state index contributed by atoms with van der Waals surface area (Å²) >= 11 is 0. The molecule has 2 rings (SSSR count). The fourth-order valence-corrected chi connectivity index (χ4v) is 2.70. The molecule has 0 bridgehead atoms. The van der Waals surface area contributed by atoms with Gasteiger partial charge in [-0.15, -0.1) is 0 Å². The molecule has 0 aromatic heterocycles. The van der Waals surface area contributed by atoms with E-state index in [4.69, 9.17) is 10.5 Å². The lowest BCUT2D eigenvalue weighted by molar-refractivity contribution is 0.0844. The summed E-state index contributed by atoms with van der Waals surface area (Å²) in [5, 5.41) is 20.0. The molecule has 1 aromatic rings. The van der Waals surface area contributed by atoms with Crippen molar-refractivity contribution in [3.63, 3.8) is 0 Å². The standard InChI is InChI=1S/C14H21NO3/c1-18-12-7-6-10(8-11(12)16)13(15)14(17)9-4-2-3-5-9/h6-9,13-14,16-17H,2-5,15H2,1H3/t13-,14+/m1/s1. The molecular formula is C14H21NO3. The second-order valence-electron chi connectivity index (χ2n) is 4.99. The molecule has 0 spiro atoms. The Balaban J connectivity index is 2.12. The summed E-state index contributed by atoms with van der Waals surface area (Å²) in [5.41, 5.74) is 6.82. The number of hydrogen-bond acceptors (Lipinski definition) is 4. The zero-order valence-corrected chi connectivity index (χ0v) is 10.7. The molecule has 1 fully saturated rings. The molecule has 4 heteroatoms. The maximum absolute atomic E-state index is 10.3. The van der Waals surface area contributed by atoms with Gasteiger partial charge < -0.3 is 20.7 Å². The lowest BCUT2D eigenvalue weighted by atomic mass is 9.91. The third kappa shape index (κ3) is 2.60. The number of phenols is 1. The van der Waals surface area contributed by atoms with Crippen LogP contribution in [-0.2, 0) is 0 Å². The van der Waals surface area contributed by atoms with E-state index in [1.54, 1.807) is 18.2 Å². The van der Waals surface area contributed by atoms with Gasteiger partial charge in [0.1, 0.15) is 0 Å². The van der Waals surface area contributed by atoms with Crippen LogP contribution in [0, 0.1) is 5.92 Å². The number of nitrogens with two attached hydrogens (primary N) is 1. The zero-order valence-electron chi connectivity index (χ0n) is 10.7. The van der Waals surface area contributed by atoms with Gasteiger partial charge in [0.25, 0.3) is 0 Å². The van der Waals surface area contributed by atoms with Crippen molar-refractivity contribution < 1.29 is 14.9 Å². The van der Waals surface area contributed by atoms with Crippen molar-refractivity contribution in [2.45, 2.75) is 37.8 Å². The van der Waals surface area contributed by atoms with Gasteiger partial charge in [0.15, 0.2) is 11.5 Å². The van der Waals surface area contributed by atoms with Crippen LogP contribution in [0.4, 0.5) is 0 Å². The van der Waals surface area contributed by atoms with Gasteiger partial charge in [-0.2, -0.15) is 0 Å². The van der Waals surface area contributed by atoms with E-state index in [0.29, 0.717) is 5.75 Å². The maximum Gasteiger partial charge on any atom is 0.160 e. The number of benzene rings is 1. The van der Waals surface area contributed by atoms with Gasteiger partial charge >= 0.3 is 0 Å². The molecule has 2 atom stereocenters. The van der Waals surface area contributed by atoms with E-state index in [1.165, 1.54) is 20.0 Å². The third-order valence-electron chi connectivity index (χ3n) is 3.84. The van der Waals surface area contributed by atoms with Gasteiger partial charge in [-0.3, -0.25) is 0 Å². The highest BCUT2D eigenvalue weighted by molar-refractivity contribution is 5.42. The molecule has 1 saturated carbocycles. The molecule has 0 aliphatic heterocycles. The van der Waals surface area contributed by atoms with E-state index in [9.17, 15) is 10.2 Å². The van der Waals surface area contributed by atoms with Crippen molar-refractivity contribution in [2.24, 2.45) is 11.7 Å². The largest absolute Gasteiger partial charge is 0.504 e. The van der Waals surface area contributed by atoms with Crippen molar-refractivity contribution in [2.75, 3.05) is 7.11 Å². The number of hydrogen-bond donors (Lipinski definition) is 3. The smallest absolute Gasteiger partial charge is 0.160 e. The van der Waals surface area contributed by atoms with Crippen molar-refractivity contribution in [1.82, 2.24) is 0 Å². The lowest BCUT2D eigenvalue weighted by Gasteiger charge is -2.24. The Bertz CT molecular complexity index is 402. The van der Waals surface area contributed by atoms with Gasteiger partial charge in [0.2, 0.25) is 0 Å². The molecule has 0 heterocycles. The first-order valence-electron chi connectivity index (χ1n) is 6.44. The predicted octanol–water partition coefficient (Wildman–Crippen LogP) is 1.95. The fourth-order valence-electron chi connectivity index (χ4n) is 2.70. The Kier molecular flexibility index (Phi) is 4.09. The predicted molar refractivity (Wildman–Crippen MR) is 69.6 cm³/mol. The number of phenolic OH excluding ortho intramolecular Hbond substituents is 1. The van der Waals surface area contributed by atoms with Crippen molar-refractivity contribution in [3.8, 4) is 11.5 Å². The van der Waals surface area contributed by atoms with Crippen LogP contribution in [0.5, 0.6) is 11.5 Å². The van der Waals surface area contributed by atoms with Crippen molar-refractivity contribution >= 4 is 0 Å². The van der Waals surface area contributed by atoms with E-state index in [2.05, 4.69) is 0 Å². The molecule has 4 nitrogen and oxygen atoms in total. The SMILES string of the molecule is COc1ccc([C@@H](N)[C@@H](O)C2CCCC2)cc1O. The van der Waals surface area contributed by atoms with E-state index < -0.39 is 12.1 Å². The Morgan fingerprint density at radius 1 is 1.33 bits per heavy atom. The highest BCUT2D eigenvalue weighted by atomic mass is 16.5. The first-order valence-corrected chi connectivity index (χ1v) is 6.44. The van der Waals surface area contributed by atoms with Crippen LogP contribution in [0.15, 0.2) is 18.2 Å². The highest BCUT2D eigenvalue weighted by Gasteiger charge is 2.29. The van der Waals surface area contributed by atoms with E-state index in [1.807, 2.05) is 0 Å². The van der Waals surface area contributed by atoms with Crippen LogP contribution < -0.4 is 10.5 Å². The number of methoxy groups -OCH3 is 1. The van der Waals surface area contributed by atoms with Crippen LogP contribution in [0.25, 0.3) is 0 Å². The number of aromatic hydroxyl groups is 1. The minimum Gasteiger partial charge on any atom is -0.504 e. The van der Waals surface area contributed by atoms with Gasteiger partial charge in [0, 0.05) is 0 Å². The van der Waals surface area contributed by atoms with E-state index in [0.717, 1.165) is 18.4 Å². The number of rotatable bonds is 4. The van der Waals surface area contributed by atoms with E-state index in [-0.39, 0.29) is 11.7 Å². The first-order chi connectivity index (χ1) is 8.63. The van der Waals surface area contributed by atoms with Crippen molar-refractivity contribution in [3.05, 3.63) is 23.8 Å². The number of aliphatic hydroxyl groups excluding tert-OH is 1. The molecule has 1 aliphatic rings. The van der Waals surface area contributed by atoms with Gasteiger partial charge in [0.05, 0.1) is 19.3 Å². The Labute approximate surface area is 107 Å². The summed E-state index contributed by atoms with van der Waals surface area (Å²) in [4.78, 5) is 0. The summed E-state index contributed by atoms with van der Waals surface area (Å²) in [6.45, 7) is 0. The first kappa shape index (κ1) is 13.2. The van der Waals surface area contributed by atoms with E-state index >= 15 is 0 Å². The molecule has 4 N–H and O–H groups in total. The molecule has 1 aromatic carbocycles. The second-order valence-corrected chi connectivity index (χ2v) is 4.99. The molecule has 0 amide bonds. The third-order valence-corrected chi connectivity index (χ3v) is 3.84. The molecular weight excluding hydrogens is 230 g/mol. The fraction of sp³-hybridized carbons (Fsp3) is 0.571. The van der Waals surface area contributed by atoms with Crippen LogP contribution in [0.2, 0.25) is 0 Å². The second kappa shape index (κ2) is 5.59. The molecule has 100 valence electrons. The average molecular weight is 251 g/mol. The Hall–Kier alpha value is -1.26. The zero-order chi connectivity index (χ0) is 13.1. The van der Waals surface area contributed by atoms with Crippen LogP contribution in [0.1, 0.15) is 37.3 Å². The van der Waals surface area contributed by atoms with Crippen LogP contribution in [-0.4, -0.2) is 23.4 Å². The lowest BCUT2D eigenvalue weighted by Crippen LogP contribution is -2.31. The van der Waals surface area contributed by atoms with Crippen LogP contribution in [0.3, 0.4) is 0 Å². The normalized spacial score (nSPS) is 19.7. The summed E-state index contributed by atoms with van der Waals surface area (Å²) in [6, 6.07) is 4.58. The molecule has 0 saturated heterocycles. The monoisotopic (exact) mass is 251 g/mol. The summed E-state index contributed by atoms with van der Waals surface area (Å²) in [6.07, 6.45) is 3.87. The topological polar surface area (TPSA) is 75.7 Å². The molecule has 1 aliphatic carbocycles. The average Bonchev–Trinajstić information content (AvgIpc) is 2.90. The van der Waals surface area contributed by atoms with Crippen molar-refractivity contribution in [1.29, 1.82) is 0 Å². The minimum absolute atomic E-state index is 0.0593.